The number of aliphatic imine (C=N–C) groups is 1. The van der Waals surface area contributed by atoms with Gasteiger partial charge >= 0.3 is 5.97 Å². The number of aromatic nitrogens is 1. The Hall–Kier alpha value is -0.670. The van der Waals surface area contributed by atoms with Crippen molar-refractivity contribution in [3.05, 3.63) is 21.9 Å². The maximum Gasteiger partial charge on any atom is 0.305 e. The number of hydrogen-bond acceptors (Lipinski definition) is 3. The van der Waals surface area contributed by atoms with E-state index < -0.39 is 0 Å². The first kappa shape index (κ1) is 23.3. The Balaban J connectivity index is 0.00000529. The maximum absolute atomic E-state index is 11.3. The van der Waals surface area contributed by atoms with E-state index in [1.54, 1.807) is 17.6 Å². The van der Waals surface area contributed by atoms with E-state index in [4.69, 9.17) is 27.9 Å². The number of nitrogens with zero attached hydrogens (tertiary/aromatic N) is 2. The second kappa shape index (κ2) is 12.7. The van der Waals surface area contributed by atoms with Crippen molar-refractivity contribution in [2.45, 2.75) is 33.2 Å². The first-order valence-corrected chi connectivity index (χ1v) is 8.42. The summed E-state index contributed by atoms with van der Waals surface area (Å²) in [6.45, 7) is 6.05. The number of ether oxygens (including phenoxy) is 1. The molecule has 6 nitrogen and oxygen atoms in total. The summed E-state index contributed by atoms with van der Waals surface area (Å²) in [6, 6.07) is 1.80. The highest BCUT2D eigenvalue weighted by Gasteiger charge is 2.08. The van der Waals surface area contributed by atoms with E-state index in [1.807, 2.05) is 14.0 Å². The number of esters is 1. The third-order valence-corrected chi connectivity index (χ3v) is 3.96. The lowest BCUT2D eigenvalue weighted by molar-refractivity contribution is -0.143. The Morgan fingerprint density at radius 2 is 2.04 bits per heavy atom. The minimum absolute atomic E-state index is 0. The van der Waals surface area contributed by atoms with Crippen LogP contribution in [0.2, 0.25) is 10.2 Å². The van der Waals surface area contributed by atoms with E-state index in [9.17, 15) is 4.79 Å². The van der Waals surface area contributed by atoms with Crippen molar-refractivity contribution in [1.82, 2.24) is 15.2 Å². The molecule has 138 valence electrons. The molecule has 1 aromatic rings. The lowest BCUT2D eigenvalue weighted by Gasteiger charge is -2.11. The Morgan fingerprint density at radius 1 is 1.33 bits per heavy atom. The number of halogens is 3. The predicted molar refractivity (Wildman–Crippen MR) is 110 cm³/mol. The van der Waals surface area contributed by atoms with Gasteiger partial charge in [0.25, 0.3) is 0 Å². The zero-order valence-corrected chi connectivity index (χ0v) is 18.0. The van der Waals surface area contributed by atoms with Crippen LogP contribution in [-0.4, -0.2) is 36.2 Å². The van der Waals surface area contributed by atoms with Gasteiger partial charge in [0.15, 0.2) is 5.96 Å². The van der Waals surface area contributed by atoms with Gasteiger partial charge in [-0.1, -0.05) is 23.2 Å². The van der Waals surface area contributed by atoms with Gasteiger partial charge < -0.3 is 19.9 Å². The number of carbonyl (C=O) groups excluding carboxylic acids is 1. The van der Waals surface area contributed by atoms with Crippen molar-refractivity contribution in [2.75, 3.05) is 19.7 Å². The topological polar surface area (TPSA) is 67.7 Å². The van der Waals surface area contributed by atoms with Crippen molar-refractivity contribution >= 4 is 59.1 Å². The summed E-state index contributed by atoms with van der Waals surface area (Å²) in [6.07, 6.45) is 1.08. The molecule has 0 radical (unpaired) electrons. The maximum atomic E-state index is 11.3. The summed E-state index contributed by atoms with van der Waals surface area (Å²) < 4.78 is 6.69. The first-order valence-electron chi connectivity index (χ1n) is 7.66. The third-order valence-electron chi connectivity index (χ3n) is 3.11. The Bertz CT molecular complexity index is 550. The summed E-state index contributed by atoms with van der Waals surface area (Å²) in [5, 5.41) is 7.36. The number of rotatable bonds is 8. The largest absolute Gasteiger partial charge is 0.466 e. The molecule has 0 amide bonds. The SMILES string of the molecule is CCNC(=NCc1cc(Cl)c(Cl)n1C)NCCCC(=O)OCC.I. The molecule has 1 heterocycles. The average molecular weight is 491 g/mol. The standard InChI is InChI=1S/C15H24Cl2N4O2.HI/c1-4-18-15(19-8-6-7-13(22)23-5-2)20-10-11-9-12(16)14(17)21(11)3;/h9H,4-8,10H2,1-3H3,(H2,18,19,20);1H. The monoisotopic (exact) mass is 490 g/mol. The Labute approximate surface area is 170 Å². The molecule has 0 aliphatic rings. The molecule has 1 rings (SSSR count). The zero-order chi connectivity index (χ0) is 17.2. The summed E-state index contributed by atoms with van der Waals surface area (Å²) in [5.41, 5.74) is 0.920. The molecular formula is C15H25Cl2IN4O2. The van der Waals surface area contributed by atoms with Crippen molar-refractivity contribution in [3.8, 4) is 0 Å². The molecule has 0 aromatic carbocycles. The van der Waals surface area contributed by atoms with Crippen molar-refractivity contribution in [1.29, 1.82) is 0 Å². The fourth-order valence-corrected chi connectivity index (χ4v) is 2.33. The molecule has 0 fully saturated rings. The van der Waals surface area contributed by atoms with Crippen LogP contribution in [0.5, 0.6) is 0 Å². The molecule has 0 saturated heterocycles. The van der Waals surface area contributed by atoms with Crippen LogP contribution in [0, 0.1) is 0 Å². The highest BCUT2D eigenvalue weighted by Crippen LogP contribution is 2.25. The number of carbonyl (C=O) groups is 1. The number of nitrogens with one attached hydrogen (secondary N) is 2. The van der Waals surface area contributed by atoms with Crippen molar-refractivity contribution < 1.29 is 9.53 Å². The molecule has 0 aliphatic carbocycles. The first-order chi connectivity index (χ1) is 11.0. The summed E-state index contributed by atoms with van der Waals surface area (Å²) in [5.74, 6) is 0.508. The summed E-state index contributed by atoms with van der Waals surface area (Å²) in [7, 11) is 1.85. The second-order valence-electron chi connectivity index (χ2n) is 4.86. The van der Waals surface area contributed by atoms with Gasteiger partial charge in [0.1, 0.15) is 5.15 Å². The molecule has 9 heteroatoms. The van der Waals surface area contributed by atoms with E-state index in [0.717, 1.165) is 12.2 Å². The number of guanidine groups is 1. The van der Waals surface area contributed by atoms with E-state index in [1.165, 1.54) is 0 Å². The summed E-state index contributed by atoms with van der Waals surface area (Å²) >= 11 is 12.0. The van der Waals surface area contributed by atoms with E-state index >= 15 is 0 Å². The fraction of sp³-hybridized carbons (Fsp3) is 0.600. The van der Waals surface area contributed by atoms with Crippen LogP contribution in [0.4, 0.5) is 0 Å². The second-order valence-corrected chi connectivity index (χ2v) is 5.63. The molecule has 0 aliphatic heterocycles. The lowest BCUT2D eigenvalue weighted by atomic mass is 10.3. The van der Waals surface area contributed by atoms with Gasteiger partial charge in [0.05, 0.1) is 18.2 Å². The molecule has 0 spiro atoms. The van der Waals surface area contributed by atoms with Gasteiger partial charge in [-0.25, -0.2) is 4.99 Å². The highest BCUT2D eigenvalue weighted by atomic mass is 127. The number of hydrogen-bond donors (Lipinski definition) is 2. The third kappa shape index (κ3) is 7.94. The average Bonchev–Trinajstić information content (AvgIpc) is 2.76. The van der Waals surface area contributed by atoms with Crippen LogP contribution in [-0.2, 0) is 23.1 Å². The molecule has 1 aromatic heterocycles. The molecule has 0 saturated carbocycles. The molecule has 0 bridgehead atoms. The smallest absolute Gasteiger partial charge is 0.305 e. The molecule has 24 heavy (non-hydrogen) atoms. The van der Waals surface area contributed by atoms with Gasteiger partial charge in [0, 0.05) is 32.3 Å². The van der Waals surface area contributed by atoms with Gasteiger partial charge in [-0.05, 0) is 26.3 Å². The molecule has 0 atom stereocenters. The van der Waals surface area contributed by atoms with Gasteiger partial charge in [-0.3, -0.25) is 4.79 Å². The van der Waals surface area contributed by atoms with Crippen LogP contribution in [0.25, 0.3) is 0 Å². The summed E-state index contributed by atoms with van der Waals surface area (Å²) in [4.78, 5) is 15.8. The van der Waals surface area contributed by atoms with Crippen LogP contribution in [0.1, 0.15) is 32.4 Å². The van der Waals surface area contributed by atoms with E-state index in [-0.39, 0.29) is 29.9 Å². The fourth-order valence-electron chi connectivity index (χ4n) is 1.92. The normalized spacial score (nSPS) is 11.0. The van der Waals surface area contributed by atoms with Crippen molar-refractivity contribution in [2.24, 2.45) is 12.0 Å². The van der Waals surface area contributed by atoms with Crippen LogP contribution >= 0.6 is 47.2 Å². The quantitative estimate of drug-likeness (QED) is 0.193. The van der Waals surface area contributed by atoms with E-state index in [2.05, 4.69) is 15.6 Å². The van der Waals surface area contributed by atoms with Crippen LogP contribution in [0.3, 0.4) is 0 Å². The zero-order valence-electron chi connectivity index (χ0n) is 14.2. The highest BCUT2D eigenvalue weighted by molar-refractivity contribution is 14.0. The molecule has 2 N–H and O–H groups in total. The Morgan fingerprint density at radius 3 is 2.58 bits per heavy atom. The minimum Gasteiger partial charge on any atom is -0.466 e. The lowest BCUT2D eigenvalue weighted by Crippen LogP contribution is -2.38. The van der Waals surface area contributed by atoms with E-state index in [0.29, 0.717) is 48.7 Å². The predicted octanol–water partition coefficient (Wildman–Crippen LogP) is 3.35. The van der Waals surface area contributed by atoms with Crippen LogP contribution < -0.4 is 10.6 Å². The minimum atomic E-state index is -0.177. The van der Waals surface area contributed by atoms with Crippen LogP contribution in [0.15, 0.2) is 11.1 Å². The molecular weight excluding hydrogens is 466 g/mol. The van der Waals surface area contributed by atoms with Crippen molar-refractivity contribution in [3.63, 3.8) is 0 Å². The van der Waals surface area contributed by atoms with Gasteiger partial charge in [0.2, 0.25) is 0 Å². The Kier molecular flexibility index (Phi) is 12.3. The van der Waals surface area contributed by atoms with Gasteiger partial charge in [-0.2, -0.15) is 0 Å². The molecule has 0 unspecified atom stereocenters. The van der Waals surface area contributed by atoms with Gasteiger partial charge in [-0.15, -0.1) is 24.0 Å².